The molecule has 29 heavy (non-hydrogen) atoms. The van der Waals surface area contributed by atoms with Crippen molar-refractivity contribution in [3.8, 4) is 0 Å². The Balaban J connectivity index is 1.79. The normalized spacial score (nSPS) is 16.8. The number of hydrogen-bond donors (Lipinski definition) is 1. The lowest BCUT2D eigenvalue weighted by molar-refractivity contribution is 0.0507. The number of benzene rings is 2. The Hall–Kier alpha value is -2.17. The summed E-state index contributed by atoms with van der Waals surface area (Å²) in [6.45, 7) is 7.69. The van der Waals surface area contributed by atoms with Crippen molar-refractivity contribution in [2.24, 2.45) is 0 Å². The predicted molar refractivity (Wildman–Crippen MR) is 116 cm³/mol. The Labute approximate surface area is 174 Å². The van der Waals surface area contributed by atoms with Gasteiger partial charge in [-0.3, -0.25) is 4.79 Å². The molecule has 0 radical (unpaired) electrons. The molecular weight excluding hydrogens is 362 g/mol. The number of carbonyl (C=O) groups excluding carboxylic acids is 1. The van der Waals surface area contributed by atoms with E-state index >= 15 is 0 Å². The number of amides is 1. The molecular formula is C25H33NO3. The molecule has 0 unspecified atom stereocenters. The van der Waals surface area contributed by atoms with Gasteiger partial charge < -0.3 is 14.7 Å². The van der Waals surface area contributed by atoms with Gasteiger partial charge in [-0.1, -0.05) is 36.4 Å². The average Bonchev–Trinajstić information content (AvgIpc) is 3.20. The first-order chi connectivity index (χ1) is 13.8. The molecule has 0 spiro atoms. The first kappa shape index (κ1) is 21.5. The molecule has 0 saturated carbocycles. The van der Waals surface area contributed by atoms with Crippen molar-refractivity contribution in [3.63, 3.8) is 0 Å². The van der Waals surface area contributed by atoms with Gasteiger partial charge in [0.15, 0.2) is 0 Å². The lowest BCUT2D eigenvalue weighted by Gasteiger charge is -2.26. The lowest BCUT2D eigenvalue weighted by Crippen LogP contribution is -2.37. The highest BCUT2D eigenvalue weighted by Crippen LogP contribution is 2.20. The Morgan fingerprint density at radius 1 is 1.21 bits per heavy atom. The summed E-state index contributed by atoms with van der Waals surface area (Å²) in [5.41, 5.74) is 3.42. The van der Waals surface area contributed by atoms with Crippen LogP contribution in [-0.4, -0.2) is 40.8 Å². The van der Waals surface area contributed by atoms with Crippen LogP contribution in [0, 0.1) is 6.92 Å². The Bertz CT molecular complexity index is 819. The molecule has 2 aromatic rings. The van der Waals surface area contributed by atoms with Crippen LogP contribution >= 0.6 is 0 Å². The quantitative estimate of drug-likeness (QED) is 0.715. The van der Waals surface area contributed by atoms with Gasteiger partial charge in [0.2, 0.25) is 0 Å². The fourth-order valence-corrected chi connectivity index (χ4v) is 3.74. The lowest BCUT2D eigenvalue weighted by atomic mass is 9.97. The van der Waals surface area contributed by atoms with Gasteiger partial charge >= 0.3 is 0 Å². The van der Waals surface area contributed by atoms with Crippen molar-refractivity contribution in [1.29, 1.82) is 0 Å². The number of hydrogen-bond acceptors (Lipinski definition) is 3. The Morgan fingerprint density at radius 3 is 2.69 bits per heavy atom. The van der Waals surface area contributed by atoms with Crippen LogP contribution in [0.3, 0.4) is 0 Å². The minimum atomic E-state index is -0.712. The highest BCUT2D eigenvalue weighted by atomic mass is 16.5. The van der Waals surface area contributed by atoms with E-state index in [1.54, 1.807) is 0 Å². The molecule has 3 rings (SSSR count). The van der Waals surface area contributed by atoms with Crippen molar-refractivity contribution in [2.45, 2.75) is 64.7 Å². The molecule has 1 aliphatic rings. The maximum atomic E-state index is 13.4. The topological polar surface area (TPSA) is 49.8 Å². The third-order valence-corrected chi connectivity index (χ3v) is 5.56. The number of aliphatic hydroxyl groups is 1. The first-order valence-corrected chi connectivity index (χ1v) is 10.6. The molecule has 0 aromatic heterocycles. The third-order valence-electron chi connectivity index (χ3n) is 5.56. The summed E-state index contributed by atoms with van der Waals surface area (Å²) in [5, 5.41) is 10.0. The summed E-state index contributed by atoms with van der Waals surface area (Å²) in [6.07, 6.45) is 3.58. The van der Waals surface area contributed by atoms with E-state index in [4.69, 9.17) is 4.74 Å². The van der Waals surface area contributed by atoms with Crippen molar-refractivity contribution < 1.29 is 14.6 Å². The van der Waals surface area contributed by atoms with Crippen molar-refractivity contribution >= 4 is 5.91 Å². The highest BCUT2D eigenvalue weighted by molar-refractivity contribution is 5.94. The summed E-state index contributed by atoms with van der Waals surface area (Å²) in [4.78, 5) is 15.3. The number of carbonyl (C=O) groups is 1. The van der Waals surface area contributed by atoms with Gasteiger partial charge in [0.1, 0.15) is 0 Å². The minimum Gasteiger partial charge on any atom is -0.390 e. The summed E-state index contributed by atoms with van der Waals surface area (Å²) in [6, 6.07) is 16.0. The van der Waals surface area contributed by atoms with Crippen LogP contribution in [0.15, 0.2) is 48.5 Å². The van der Waals surface area contributed by atoms with Gasteiger partial charge in [-0.25, -0.2) is 0 Å². The monoisotopic (exact) mass is 395 g/mol. The molecule has 1 amide bonds. The summed E-state index contributed by atoms with van der Waals surface area (Å²) in [5.74, 6) is 0.0360. The fraction of sp³-hybridized carbons (Fsp3) is 0.480. The Morgan fingerprint density at radius 2 is 2.00 bits per heavy atom. The number of aryl methyl sites for hydroxylation is 2. The minimum absolute atomic E-state index is 0.0360. The Kier molecular flexibility index (Phi) is 7.09. The molecule has 1 saturated heterocycles. The summed E-state index contributed by atoms with van der Waals surface area (Å²) < 4.78 is 5.82. The maximum Gasteiger partial charge on any atom is 0.254 e. The van der Waals surface area contributed by atoms with E-state index in [1.165, 1.54) is 5.56 Å². The van der Waals surface area contributed by atoms with Gasteiger partial charge in [-0.2, -0.15) is 0 Å². The molecule has 4 nitrogen and oxygen atoms in total. The smallest absolute Gasteiger partial charge is 0.254 e. The second-order valence-electron chi connectivity index (χ2n) is 8.76. The third kappa shape index (κ3) is 6.41. The molecule has 1 N–H and O–H groups in total. The van der Waals surface area contributed by atoms with Gasteiger partial charge in [0, 0.05) is 25.3 Å². The molecule has 1 heterocycles. The van der Waals surface area contributed by atoms with Gasteiger partial charge in [0.25, 0.3) is 5.91 Å². The maximum absolute atomic E-state index is 13.4. The molecule has 4 heteroatoms. The molecule has 0 aliphatic carbocycles. The van der Waals surface area contributed by atoms with Crippen LogP contribution in [0.5, 0.6) is 0 Å². The van der Waals surface area contributed by atoms with Gasteiger partial charge in [-0.15, -0.1) is 0 Å². The van der Waals surface area contributed by atoms with E-state index in [0.29, 0.717) is 25.1 Å². The zero-order chi connectivity index (χ0) is 20.9. The molecule has 0 bridgehead atoms. The van der Waals surface area contributed by atoms with Gasteiger partial charge in [0.05, 0.1) is 11.7 Å². The van der Waals surface area contributed by atoms with Crippen LogP contribution in [0.1, 0.15) is 60.2 Å². The largest absolute Gasteiger partial charge is 0.390 e. The van der Waals surface area contributed by atoms with Gasteiger partial charge in [-0.05, 0) is 75.3 Å². The van der Waals surface area contributed by atoms with Crippen molar-refractivity contribution in [3.05, 3.63) is 70.8 Å². The van der Waals surface area contributed by atoms with Crippen LogP contribution in [0.2, 0.25) is 0 Å². The van der Waals surface area contributed by atoms with Crippen LogP contribution in [0.25, 0.3) is 0 Å². The number of nitrogens with zero attached hydrogens (tertiary/aromatic N) is 1. The van der Waals surface area contributed by atoms with E-state index in [-0.39, 0.29) is 12.0 Å². The van der Waals surface area contributed by atoms with E-state index < -0.39 is 5.60 Å². The fourth-order valence-electron chi connectivity index (χ4n) is 3.74. The van der Waals surface area contributed by atoms with Crippen molar-refractivity contribution in [2.75, 3.05) is 13.2 Å². The number of rotatable bonds is 8. The van der Waals surface area contributed by atoms with Crippen molar-refractivity contribution in [1.82, 2.24) is 4.90 Å². The molecule has 1 aliphatic heterocycles. The predicted octanol–water partition coefficient (Wildman–Crippen LogP) is 4.52. The van der Waals surface area contributed by atoms with E-state index in [1.807, 2.05) is 55.1 Å². The second-order valence-corrected chi connectivity index (χ2v) is 8.76. The molecule has 1 fully saturated rings. The highest BCUT2D eigenvalue weighted by Gasteiger charge is 2.24. The summed E-state index contributed by atoms with van der Waals surface area (Å²) in [7, 11) is 0. The number of ether oxygens (including phenoxy) is 1. The zero-order valence-electron chi connectivity index (χ0n) is 17.9. The average molecular weight is 396 g/mol. The van der Waals surface area contributed by atoms with E-state index in [9.17, 15) is 9.90 Å². The van der Waals surface area contributed by atoms with E-state index in [2.05, 4.69) is 19.1 Å². The standard InChI is InChI=1S/C25H33NO3/c1-19-8-4-5-10-22(19)17-26(18-23-12-7-15-29-23)24(27)21-11-6-9-20(16-21)13-14-25(2,3)28/h4-6,8-11,16,23,28H,7,12-15,17-18H2,1-3H3/t23-/m0/s1. The van der Waals surface area contributed by atoms with Crippen LogP contribution in [-0.2, 0) is 17.7 Å². The molecule has 2 aromatic carbocycles. The summed E-state index contributed by atoms with van der Waals surface area (Å²) >= 11 is 0. The van der Waals surface area contributed by atoms with E-state index in [0.717, 1.165) is 37.0 Å². The zero-order valence-corrected chi connectivity index (χ0v) is 17.9. The second kappa shape index (κ2) is 9.55. The van der Waals surface area contributed by atoms with Crippen LogP contribution in [0.4, 0.5) is 0 Å². The first-order valence-electron chi connectivity index (χ1n) is 10.6. The molecule has 156 valence electrons. The SMILES string of the molecule is Cc1ccccc1CN(C[C@@H]1CCCO1)C(=O)c1cccc(CCC(C)(C)O)c1. The van der Waals surface area contributed by atoms with Crippen LogP contribution < -0.4 is 0 Å². The molecule has 1 atom stereocenters.